The highest BCUT2D eigenvalue weighted by molar-refractivity contribution is 5.39. The highest BCUT2D eigenvalue weighted by atomic mass is 16.5. The van der Waals surface area contributed by atoms with Crippen molar-refractivity contribution in [2.75, 3.05) is 5.73 Å². The van der Waals surface area contributed by atoms with Crippen molar-refractivity contribution in [3.8, 4) is 5.88 Å². The van der Waals surface area contributed by atoms with Gasteiger partial charge >= 0.3 is 0 Å². The number of pyridine rings is 1. The van der Waals surface area contributed by atoms with Crippen LogP contribution in [0.3, 0.4) is 0 Å². The Morgan fingerprint density at radius 3 is 3.07 bits per heavy atom. The number of nitrogens with two attached hydrogens (primary N) is 1. The quantitative estimate of drug-likeness (QED) is 0.809. The number of hydrogen-bond acceptors (Lipinski definition) is 3. The maximum absolute atomic E-state index is 5.82. The number of nitrogen functional groups attached to an aromatic ring is 1. The van der Waals surface area contributed by atoms with Crippen LogP contribution in [0, 0.1) is 5.92 Å². The molecule has 1 fully saturated rings. The summed E-state index contributed by atoms with van der Waals surface area (Å²) in [6.45, 7) is 2.28. The predicted octanol–water partition coefficient (Wildman–Crippen LogP) is 2.62. The zero-order chi connectivity index (χ0) is 10.7. The number of aromatic nitrogens is 1. The van der Waals surface area contributed by atoms with E-state index < -0.39 is 0 Å². The lowest BCUT2D eigenvalue weighted by atomic mass is 9.89. The van der Waals surface area contributed by atoms with E-state index in [0.717, 1.165) is 18.8 Å². The van der Waals surface area contributed by atoms with Gasteiger partial charge in [0.25, 0.3) is 0 Å². The summed E-state index contributed by atoms with van der Waals surface area (Å²) in [7, 11) is 0. The molecule has 1 heterocycles. The summed E-state index contributed by atoms with van der Waals surface area (Å²) in [5.41, 5.74) is 6.38. The van der Waals surface area contributed by atoms with E-state index in [-0.39, 0.29) is 0 Å². The summed E-state index contributed by atoms with van der Waals surface area (Å²) in [5.74, 6) is 1.43. The minimum absolute atomic E-state index is 0.322. The molecule has 0 bridgehead atoms. The van der Waals surface area contributed by atoms with Crippen molar-refractivity contribution in [2.45, 2.75) is 38.7 Å². The second-order valence-electron chi connectivity index (χ2n) is 4.44. The molecule has 2 rings (SSSR count). The van der Waals surface area contributed by atoms with Gasteiger partial charge in [0.05, 0.1) is 0 Å². The van der Waals surface area contributed by atoms with Crippen LogP contribution in [0.2, 0.25) is 0 Å². The number of hydrogen-bond donors (Lipinski definition) is 1. The summed E-state index contributed by atoms with van der Waals surface area (Å²) in [4.78, 5) is 4.16. The van der Waals surface area contributed by atoms with Gasteiger partial charge in [0.15, 0.2) is 0 Å². The minimum atomic E-state index is 0.322. The summed E-state index contributed by atoms with van der Waals surface area (Å²) < 4.78 is 5.82. The van der Waals surface area contributed by atoms with E-state index in [1.54, 1.807) is 18.3 Å². The summed E-state index contributed by atoms with van der Waals surface area (Å²) in [6.07, 6.45) is 6.87. The first-order valence-corrected chi connectivity index (χ1v) is 5.62. The SMILES string of the molecule is CC1CCCC(Oc2cc(N)ccn2)C1. The second-order valence-corrected chi connectivity index (χ2v) is 4.44. The number of anilines is 1. The van der Waals surface area contributed by atoms with Crippen LogP contribution in [0.15, 0.2) is 18.3 Å². The van der Waals surface area contributed by atoms with Crippen LogP contribution in [0.1, 0.15) is 32.6 Å². The minimum Gasteiger partial charge on any atom is -0.474 e. The van der Waals surface area contributed by atoms with Gasteiger partial charge in [0.1, 0.15) is 6.10 Å². The molecule has 2 atom stereocenters. The monoisotopic (exact) mass is 206 g/mol. The van der Waals surface area contributed by atoms with Crippen LogP contribution in [-0.4, -0.2) is 11.1 Å². The molecule has 3 heteroatoms. The van der Waals surface area contributed by atoms with Gasteiger partial charge < -0.3 is 10.5 Å². The second kappa shape index (κ2) is 4.51. The van der Waals surface area contributed by atoms with E-state index in [9.17, 15) is 0 Å². The van der Waals surface area contributed by atoms with Crippen LogP contribution in [0.4, 0.5) is 5.69 Å². The Kier molecular flexibility index (Phi) is 3.09. The van der Waals surface area contributed by atoms with Gasteiger partial charge in [0, 0.05) is 18.0 Å². The first-order chi connectivity index (χ1) is 7.24. The van der Waals surface area contributed by atoms with Crippen molar-refractivity contribution < 1.29 is 4.74 Å². The van der Waals surface area contributed by atoms with Crippen LogP contribution >= 0.6 is 0 Å². The molecule has 0 aromatic carbocycles. The molecule has 1 saturated carbocycles. The fourth-order valence-electron chi connectivity index (χ4n) is 2.15. The molecule has 1 aromatic heterocycles. The Morgan fingerprint density at radius 1 is 1.47 bits per heavy atom. The largest absolute Gasteiger partial charge is 0.474 e. The smallest absolute Gasteiger partial charge is 0.215 e. The lowest BCUT2D eigenvalue weighted by Crippen LogP contribution is -2.24. The first kappa shape index (κ1) is 10.3. The van der Waals surface area contributed by atoms with Gasteiger partial charge in [-0.1, -0.05) is 13.3 Å². The normalized spacial score (nSPS) is 26.2. The van der Waals surface area contributed by atoms with Crippen molar-refractivity contribution in [1.29, 1.82) is 0 Å². The zero-order valence-corrected chi connectivity index (χ0v) is 9.15. The maximum atomic E-state index is 5.82. The Labute approximate surface area is 90.7 Å². The van der Waals surface area contributed by atoms with Gasteiger partial charge in [-0.15, -0.1) is 0 Å². The van der Waals surface area contributed by atoms with E-state index >= 15 is 0 Å². The van der Waals surface area contributed by atoms with Crippen molar-refractivity contribution in [2.24, 2.45) is 5.92 Å². The molecular weight excluding hydrogens is 188 g/mol. The average Bonchev–Trinajstić information content (AvgIpc) is 2.17. The Morgan fingerprint density at radius 2 is 2.33 bits per heavy atom. The van der Waals surface area contributed by atoms with Gasteiger partial charge in [-0.25, -0.2) is 4.98 Å². The zero-order valence-electron chi connectivity index (χ0n) is 9.15. The average molecular weight is 206 g/mol. The molecule has 3 nitrogen and oxygen atoms in total. The number of ether oxygens (including phenoxy) is 1. The standard InChI is InChI=1S/C12H18N2O/c1-9-3-2-4-11(7-9)15-12-8-10(13)5-6-14-12/h5-6,8-9,11H,2-4,7H2,1H3,(H2,13,14). The third-order valence-electron chi connectivity index (χ3n) is 2.93. The van der Waals surface area contributed by atoms with Crippen molar-refractivity contribution in [1.82, 2.24) is 4.98 Å². The Balaban J connectivity index is 1.96. The van der Waals surface area contributed by atoms with E-state index in [1.807, 2.05) is 0 Å². The van der Waals surface area contributed by atoms with Crippen LogP contribution in [0.25, 0.3) is 0 Å². The fourth-order valence-corrected chi connectivity index (χ4v) is 2.15. The topological polar surface area (TPSA) is 48.1 Å². The molecule has 82 valence electrons. The molecule has 0 saturated heterocycles. The molecule has 1 aliphatic rings. The number of rotatable bonds is 2. The van der Waals surface area contributed by atoms with Crippen LogP contribution < -0.4 is 10.5 Å². The lowest BCUT2D eigenvalue weighted by Gasteiger charge is -2.26. The van der Waals surface area contributed by atoms with Gasteiger partial charge in [-0.3, -0.25) is 0 Å². The molecule has 1 aromatic rings. The molecular formula is C12H18N2O. The Hall–Kier alpha value is -1.25. The van der Waals surface area contributed by atoms with E-state index in [2.05, 4.69) is 11.9 Å². The van der Waals surface area contributed by atoms with E-state index in [4.69, 9.17) is 10.5 Å². The lowest BCUT2D eigenvalue weighted by molar-refractivity contribution is 0.124. The van der Waals surface area contributed by atoms with Crippen molar-refractivity contribution in [3.63, 3.8) is 0 Å². The fraction of sp³-hybridized carbons (Fsp3) is 0.583. The molecule has 0 radical (unpaired) electrons. The molecule has 0 spiro atoms. The summed E-state index contributed by atoms with van der Waals surface area (Å²) in [5, 5.41) is 0. The highest BCUT2D eigenvalue weighted by Gasteiger charge is 2.20. The Bertz CT molecular complexity index is 327. The van der Waals surface area contributed by atoms with Crippen molar-refractivity contribution >= 4 is 5.69 Å². The summed E-state index contributed by atoms with van der Waals surface area (Å²) >= 11 is 0. The maximum Gasteiger partial charge on any atom is 0.215 e. The molecule has 15 heavy (non-hydrogen) atoms. The molecule has 2 N–H and O–H groups in total. The van der Waals surface area contributed by atoms with E-state index in [0.29, 0.717) is 17.7 Å². The van der Waals surface area contributed by atoms with Crippen LogP contribution in [-0.2, 0) is 0 Å². The highest BCUT2D eigenvalue weighted by Crippen LogP contribution is 2.26. The third kappa shape index (κ3) is 2.85. The predicted molar refractivity (Wildman–Crippen MR) is 60.7 cm³/mol. The van der Waals surface area contributed by atoms with Gasteiger partial charge in [-0.05, 0) is 31.2 Å². The summed E-state index contributed by atoms with van der Waals surface area (Å²) in [6, 6.07) is 3.57. The van der Waals surface area contributed by atoms with Gasteiger partial charge in [-0.2, -0.15) is 0 Å². The van der Waals surface area contributed by atoms with E-state index in [1.165, 1.54) is 12.8 Å². The van der Waals surface area contributed by atoms with Crippen LogP contribution in [0.5, 0.6) is 5.88 Å². The third-order valence-corrected chi connectivity index (χ3v) is 2.93. The molecule has 0 aliphatic heterocycles. The number of nitrogens with zero attached hydrogens (tertiary/aromatic N) is 1. The molecule has 1 aliphatic carbocycles. The first-order valence-electron chi connectivity index (χ1n) is 5.62. The molecule has 2 unspecified atom stereocenters. The van der Waals surface area contributed by atoms with Gasteiger partial charge in [0.2, 0.25) is 5.88 Å². The molecule has 0 amide bonds. The van der Waals surface area contributed by atoms with Crippen molar-refractivity contribution in [3.05, 3.63) is 18.3 Å².